The lowest BCUT2D eigenvalue weighted by Gasteiger charge is -2.07. The van der Waals surface area contributed by atoms with E-state index in [1.807, 2.05) is 31.2 Å². The molecule has 1 aromatic carbocycles. The van der Waals surface area contributed by atoms with Crippen LogP contribution in [0.4, 0.5) is 11.6 Å². The molecule has 0 saturated carbocycles. The molecule has 0 aliphatic carbocycles. The molecule has 0 aliphatic rings. The SMILES string of the molecule is CCCCCNC(=O)c1ccnc(Nc2ccc(C)cc2)n1. The van der Waals surface area contributed by atoms with Crippen molar-refractivity contribution >= 4 is 17.5 Å². The van der Waals surface area contributed by atoms with E-state index in [9.17, 15) is 4.79 Å². The summed E-state index contributed by atoms with van der Waals surface area (Å²) < 4.78 is 0. The van der Waals surface area contributed by atoms with Crippen LogP contribution in [0.5, 0.6) is 0 Å². The Bertz CT molecular complexity index is 610. The van der Waals surface area contributed by atoms with Gasteiger partial charge in [-0.05, 0) is 31.5 Å². The van der Waals surface area contributed by atoms with Crippen molar-refractivity contribution in [3.63, 3.8) is 0 Å². The molecule has 1 heterocycles. The normalized spacial score (nSPS) is 10.3. The number of hydrogen-bond donors (Lipinski definition) is 2. The van der Waals surface area contributed by atoms with Crippen LogP contribution in [0.2, 0.25) is 0 Å². The van der Waals surface area contributed by atoms with Crippen LogP contribution in [0.25, 0.3) is 0 Å². The summed E-state index contributed by atoms with van der Waals surface area (Å²) in [6.07, 6.45) is 4.82. The van der Waals surface area contributed by atoms with Gasteiger partial charge in [0.05, 0.1) is 0 Å². The summed E-state index contributed by atoms with van der Waals surface area (Å²) >= 11 is 0. The molecule has 116 valence electrons. The highest BCUT2D eigenvalue weighted by molar-refractivity contribution is 5.92. The molecular formula is C17H22N4O. The second-order valence-electron chi connectivity index (χ2n) is 5.22. The van der Waals surface area contributed by atoms with E-state index in [0.717, 1.165) is 24.9 Å². The number of carbonyl (C=O) groups excluding carboxylic acids is 1. The maximum atomic E-state index is 12.0. The molecule has 0 unspecified atom stereocenters. The van der Waals surface area contributed by atoms with Crippen LogP contribution in [0.15, 0.2) is 36.5 Å². The number of nitrogens with zero attached hydrogens (tertiary/aromatic N) is 2. The van der Waals surface area contributed by atoms with E-state index in [2.05, 4.69) is 27.5 Å². The van der Waals surface area contributed by atoms with Gasteiger partial charge in [0.2, 0.25) is 5.95 Å². The van der Waals surface area contributed by atoms with Crippen LogP contribution in [0.3, 0.4) is 0 Å². The topological polar surface area (TPSA) is 66.9 Å². The van der Waals surface area contributed by atoms with E-state index >= 15 is 0 Å². The Morgan fingerprint density at radius 2 is 1.91 bits per heavy atom. The van der Waals surface area contributed by atoms with Crippen molar-refractivity contribution in [1.29, 1.82) is 0 Å². The number of benzene rings is 1. The van der Waals surface area contributed by atoms with Crippen LogP contribution < -0.4 is 10.6 Å². The monoisotopic (exact) mass is 298 g/mol. The largest absolute Gasteiger partial charge is 0.351 e. The Morgan fingerprint density at radius 3 is 2.64 bits per heavy atom. The number of amides is 1. The average molecular weight is 298 g/mol. The highest BCUT2D eigenvalue weighted by Crippen LogP contribution is 2.13. The first-order valence-corrected chi connectivity index (χ1v) is 7.64. The Kier molecular flexibility index (Phi) is 5.89. The van der Waals surface area contributed by atoms with Crippen LogP contribution >= 0.6 is 0 Å². The predicted molar refractivity (Wildman–Crippen MR) is 88.4 cm³/mol. The first-order valence-electron chi connectivity index (χ1n) is 7.64. The Morgan fingerprint density at radius 1 is 1.14 bits per heavy atom. The molecule has 2 rings (SSSR count). The van der Waals surface area contributed by atoms with Gasteiger partial charge in [-0.2, -0.15) is 0 Å². The Hall–Kier alpha value is -2.43. The molecule has 0 aliphatic heterocycles. The Balaban J connectivity index is 1.97. The molecular weight excluding hydrogens is 276 g/mol. The second-order valence-corrected chi connectivity index (χ2v) is 5.22. The predicted octanol–water partition coefficient (Wildman–Crippen LogP) is 3.45. The quantitative estimate of drug-likeness (QED) is 0.768. The van der Waals surface area contributed by atoms with E-state index in [1.165, 1.54) is 5.56 Å². The van der Waals surface area contributed by atoms with Crippen molar-refractivity contribution < 1.29 is 4.79 Å². The highest BCUT2D eigenvalue weighted by Gasteiger charge is 2.08. The minimum Gasteiger partial charge on any atom is -0.351 e. The fourth-order valence-corrected chi connectivity index (χ4v) is 1.98. The molecule has 0 saturated heterocycles. The van der Waals surface area contributed by atoms with Gasteiger partial charge < -0.3 is 10.6 Å². The van der Waals surface area contributed by atoms with Gasteiger partial charge >= 0.3 is 0 Å². The molecule has 5 heteroatoms. The lowest BCUT2D eigenvalue weighted by atomic mass is 10.2. The van der Waals surface area contributed by atoms with Gasteiger partial charge in [0.15, 0.2) is 0 Å². The van der Waals surface area contributed by atoms with E-state index < -0.39 is 0 Å². The van der Waals surface area contributed by atoms with Gasteiger partial charge in [-0.25, -0.2) is 9.97 Å². The summed E-state index contributed by atoms with van der Waals surface area (Å²) in [5.74, 6) is 0.260. The number of hydrogen-bond acceptors (Lipinski definition) is 4. The molecule has 1 amide bonds. The summed E-state index contributed by atoms with van der Waals surface area (Å²) in [5.41, 5.74) is 2.46. The van der Waals surface area contributed by atoms with Crippen molar-refractivity contribution in [1.82, 2.24) is 15.3 Å². The lowest BCUT2D eigenvalue weighted by Crippen LogP contribution is -2.25. The van der Waals surface area contributed by atoms with Crippen LogP contribution in [-0.2, 0) is 0 Å². The van der Waals surface area contributed by atoms with Crippen molar-refractivity contribution in [2.45, 2.75) is 33.1 Å². The molecule has 0 bridgehead atoms. The van der Waals surface area contributed by atoms with Gasteiger partial charge in [0, 0.05) is 18.4 Å². The van der Waals surface area contributed by atoms with Gasteiger partial charge in [-0.15, -0.1) is 0 Å². The first kappa shape index (κ1) is 15.9. The summed E-state index contributed by atoms with van der Waals surface area (Å²) in [5, 5.41) is 5.98. The third-order valence-electron chi connectivity index (χ3n) is 3.26. The van der Waals surface area contributed by atoms with Crippen molar-refractivity contribution in [2.24, 2.45) is 0 Å². The zero-order chi connectivity index (χ0) is 15.8. The Labute approximate surface area is 131 Å². The standard InChI is InChI=1S/C17H22N4O/c1-3-4-5-11-18-16(22)15-10-12-19-17(21-15)20-14-8-6-13(2)7-9-14/h6-10,12H,3-5,11H2,1-2H3,(H,18,22)(H,19,20,21). The third-order valence-corrected chi connectivity index (χ3v) is 3.26. The fourth-order valence-electron chi connectivity index (χ4n) is 1.98. The third kappa shape index (κ3) is 4.84. The van der Waals surface area contributed by atoms with Crippen LogP contribution in [0, 0.1) is 6.92 Å². The molecule has 2 aromatic rings. The lowest BCUT2D eigenvalue weighted by molar-refractivity contribution is 0.0948. The molecule has 0 radical (unpaired) electrons. The van der Waals surface area contributed by atoms with E-state index in [0.29, 0.717) is 18.2 Å². The highest BCUT2D eigenvalue weighted by atomic mass is 16.1. The average Bonchev–Trinajstić information content (AvgIpc) is 2.54. The molecule has 22 heavy (non-hydrogen) atoms. The second kappa shape index (κ2) is 8.12. The minimum absolute atomic E-state index is 0.162. The number of rotatable bonds is 7. The molecule has 2 N–H and O–H groups in total. The van der Waals surface area contributed by atoms with Gasteiger partial charge in [0.1, 0.15) is 5.69 Å². The van der Waals surface area contributed by atoms with Crippen molar-refractivity contribution in [2.75, 3.05) is 11.9 Å². The molecule has 0 fully saturated rings. The van der Waals surface area contributed by atoms with Crippen LogP contribution in [-0.4, -0.2) is 22.4 Å². The number of nitrogens with one attached hydrogen (secondary N) is 2. The van der Waals surface area contributed by atoms with Crippen molar-refractivity contribution in [3.8, 4) is 0 Å². The van der Waals surface area contributed by atoms with Gasteiger partial charge in [-0.3, -0.25) is 4.79 Å². The van der Waals surface area contributed by atoms with E-state index in [-0.39, 0.29) is 5.91 Å². The number of aromatic nitrogens is 2. The molecule has 0 atom stereocenters. The summed E-state index contributed by atoms with van der Waals surface area (Å²) in [6, 6.07) is 9.54. The van der Waals surface area contributed by atoms with Crippen molar-refractivity contribution in [3.05, 3.63) is 47.8 Å². The maximum Gasteiger partial charge on any atom is 0.270 e. The van der Waals surface area contributed by atoms with Gasteiger partial charge in [0.25, 0.3) is 5.91 Å². The maximum absolute atomic E-state index is 12.0. The van der Waals surface area contributed by atoms with Crippen LogP contribution in [0.1, 0.15) is 42.2 Å². The van der Waals surface area contributed by atoms with E-state index in [4.69, 9.17) is 0 Å². The molecule has 0 spiro atoms. The summed E-state index contributed by atoms with van der Waals surface area (Å²) in [4.78, 5) is 20.4. The smallest absolute Gasteiger partial charge is 0.270 e. The summed E-state index contributed by atoms with van der Waals surface area (Å²) in [7, 11) is 0. The molecule has 5 nitrogen and oxygen atoms in total. The number of aryl methyl sites for hydroxylation is 1. The summed E-state index contributed by atoms with van der Waals surface area (Å²) in [6.45, 7) is 4.84. The first-order chi connectivity index (χ1) is 10.7. The zero-order valence-electron chi connectivity index (χ0n) is 13.1. The zero-order valence-corrected chi connectivity index (χ0v) is 13.1. The minimum atomic E-state index is -0.162. The van der Waals surface area contributed by atoms with E-state index in [1.54, 1.807) is 12.3 Å². The number of carbonyl (C=O) groups is 1. The fraction of sp³-hybridized carbons (Fsp3) is 0.353. The molecule has 1 aromatic heterocycles. The number of unbranched alkanes of at least 4 members (excludes halogenated alkanes) is 2. The number of anilines is 2. The van der Waals surface area contributed by atoms with Gasteiger partial charge in [-0.1, -0.05) is 37.5 Å².